The molecule has 0 radical (unpaired) electrons. The number of pyridine rings is 1. The molecule has 2 aromatic heterocycles. The summed E-state index contributed by atoms with van der Waals surface area (Å²) in [6, 6.07) is 16.1. The summed E-state index contributed by atoms with van der Waals surface area (Å²) in [5.74, 6) is 0.0261. The molecule has 0 aliphatic carbocycles. The normalized spacial score (nSPS) is 11.3. The topological polar surface area (TPSA) is 87.7 Å². The van der Waals surface area contributed by atoms with Gasteiger partial charge in [-0.15, -0.1) is 0 Å². The van der Waals surface area contributed by atoms with E-state index >= 15 is 0 Å². The highest BCUT2D eigenvalue weighted by atomic mass is 16.4. The molecule has 0 bridgehead atoms. The lowest BCUT2D eigenvalue weighted by Crippen LogP contribution is -2.00. The molecule has 0 fully saturated rings. The Kier molecular flexibility index (Phi) is 4.38. The van der Waals surface area contributed by atoms with Gasteiger partial charge in [-0.25, -0.2) is 9.78 Å². The molecule has 0 saturated carbocycles. The van der Waals surface area contributed by atoms with Crippen LogP contribution in [0.2, 0.25) is 0 Å². The van der Waals surface area contributed by atoms with E-state index in [1.54, 1.807) is 12.3 Å². The lowest BCUT2D eigenvalue weighted by molar-refractivity contribution is 0.0663. The molecule has 6 nitrogen and oxygen atoms in total. The Morgan fingerprint density at radius 1 is 1.12 bits per heavy atom. The molecule has 1 aromatic carbocycles. The van der Waals surface area contributed by atoms with Crippen LogP contribution in [0.4, 0.5) is 5.82 Å². The minimum absolute atomic E-state index is 0.0774. The molecule has 0 saturated heterocycles. The maximum Gasteiger partial charge on any atom is 0.371 e. The summed E-state index contributed by atoms with van der Waals surface area (Å²) in [5, 5.41) is 13.2. The second-order valence-corrected chi connectivity index (χ2v) is 5.07. The molecule has 120 valence electrons. The minimum atomic E-state index is -1.08. The van der Waals surface area contributed by atoms with Gasteiger partial charge in [0.2, 0.25) is 5.76 Å². The van der Waals surface area contributed by atoms with Gasteiger partial charge < -0.3 is 9.52 Å². The highest BCUT2D eigenvalue weighted by Gasteiger charge is 2.10. The van der Waals surface area contributed by atoms with E-state index in [4.69, 9.17) is 9.52 Å². The van der Waals surface area contributed by atoms with Crippen LogP contribution in [0.25, 0.3) is 11.3 Å². The number of anilines is 1. The zero-order valence-corrected chi connectivity index (χ0v) is 12.9. The quantitative estimate of drug-likeness (QED) is 0.550. The molecule has 6 heteroatoms. The molecule has 0 unspecified atom stereocenters. The highest BCUT2D eigenvalue weighted by molar-refractivity contribution is 5.99. The number of hydrogen-bond acceptors (Lipinski definition) is 5. The third-order valence-electron chi connectivity index (χ3n) is 3.41. The first-order chi connectivity index (χ1) is 11.6. The van der Waals surface area contributed by atoms with E-state index in [-0.39, 0.29) is 5.76 Å². The molecule has 0 spiro atoms. The van der Waals surface area contributed by atoms with Crippen LogP contribution in [-0.4, -0.2) is 21.8 Å². The third kappa shape index (κ3) is 3.49. The molecular formula is C18H15N3O3. The number of benzene rings is 1. The van der Waals surface area contributed by atoms with Gasteiger partial charge in [-0.05, 0) is 36.8 Å². The molecule has 3 aromatic rings. The van der Waals surface area contributed by atoms with Gasteiger partial charge in [0.1, 0.15) is 11.6 Å². The number of rotatable bonds is 5. The van der Waals surface area contributed by atoms with Gasteiger partial charge in [0.05, 0.1) is 5.71 Å². The maximum atomic E-state index is 10.9. The largest absolute Gasteiger partial charge is 0.475 e. The van der Waals surface area contributed by atoms with E-state index in [0.29, 0.717) is 11.6 Å². The number of carboxylic acids is 1. The summed E-state index contributed by atoms with van der Waals surface area (Å²) in [5.41, 5.74) is 5.44. The predicted octanol–water partition coefficient (Wildman–Crippen LogP) is 3.88. The van der Waals surface area contributed by atoms with E-state index < -0.39 is 5.97 Å². The Labute approximate surface area is 138 Å². The van der Waals surface area contributed by atoms with Crippen molar-refractivity contribution in [2.45, 2.75) is 6.92 Å². The van der Waals surface area contributed by atoms with Crippen LogP contribution in [-0.2, 0) is 0 Å². The predicted molar refractivity (Wildman–Crippen MR) is 91.2 cm³/mol. The van der Waals surface area contributed by atoms with Gasteiger partial charge in [0.25, 0.3) is 0 Å². The number of furan rings is 1. The van der Waals surface area contributed by atoms with E-state index in [1.165, 1.54) is 6.07 Å². The zero-order valence-electron chi connectivity index (χ0n) is 12.9. The summed E-state index contributed by atoms with van der Waals surface area (Å²) in [7, 11) is 0. The SMILES string of the molecule is C/C(=N/Nc1ccccn1)c1ccc(-c2ccc(C(=O)O)o2)cc1. The third-order valence-corrected chi connectivity index (χ3v) is 3.41. The fourth-order valence-corrected chi connectivity index (χ4v) is 2.12. The number of aromatic carboxylic acids is 1. The number of carbonyl (C=O) groups is 1. The van der Waals surface area contributed by atoms with E-state index in [0.717, 1.165) is 16.8 Å². The van der Waals surface area contributed by atoms with E-state index in [1.807, 2.05) is 49.4 Å². The molecule has 0 atom stereocenters. The Bertz CT molecular complexity index is 868. The summed E-state index contributed by atoms with van der Waals surface area (Å²) < 4.78 is 5.29. The maximum absolute atomic E-state index is 10.9. The molecule has 24 heavy (non-hydrogen) atoms. The van der Waals surface area contributed by atoms with Crippen molar-refractivity contribution in [3.8, 4) is 11.3 Å². The van der Waals surface area contributed by atoms with Crippen molar-refractivity contribution in [3.05, 3.63) is 72.1 Å². The summed E-state index contributed by atoms with van der Waals surface area (Å²) in [6.07, 6.45) is 1.69. The highest BCUT2D eigenvalue weighted by Crippen LogP contribution is 2.22. The van der Waals surface area contributed by atoms with Gasteiger partial charge in [-0.3, -0.25) is 5.43 Å². The Balaban J connectivity index is 1.74. The standard InChI is InChI=1S/C18H15N3O3/c1-12(20-21-17-4-2-3-11-19-17)13-5-7-14(8-6-13)15-9-10-16(24-15)18(22)23/h2-11H,1H3,(H,19,21)(H,22,23)/b20-12-. The van der Waals surface area contributed by atoms with Crippen molar-refractivity contribution in [2.75, 3.05) is 5.43 Å². The Morgan fingerprint density at radius 2 is 1.92 bits per heavy atom. The molecular weight excluding hydrogens is 306 g/mol. The van der Waals surface area contributed by atoms with Crippen LogP contribution in [0.3, 0.4) is 0 Å². The van der Waals surface area contributed by atoms with Gasteiger partial charge in [-0.2, -0.15) is 5.10 Å². The number of hydrogen-bond donors (Lipinski definition) is 2. The lowest BCUT2D eigenvalue weighted by Gasteiger charge is -2.04. The average Bonchev–Trinajstić information content (AvgIpc) is 3.11. The number of hydrazone groups is 1. The summed E-state index contributed by atoms with van der Waals surface area (Å²) in [6.45, 7) is 1.89. The van der Waals surface area contributed by atoms with Crippen molar-refractivity contribution in [2.24, 2.45) is 5.10 Å². The van der Waals surface area contributed by atoms with Crippen molar-refractivity contribution < 1.29 is 14.3 Å². The second kappa shape index (κ2) is 6.78. The molecule has 0 amide bonds. The van der Waals surface area contributed by atoms with Crippen molar-refractivity contribution in [1.82, 2.24) is 4.98 Å². The first-order valence-corrected chi connectivity index (χ1v) is 7.29. The van der Waals surface area contributed by atoms with Crippen molar-refractivity contribution in [1.29, 1.82) is 0 Å². The molecule has 2 N–H and O–H groups in total. The second-order valence-electron chi connectivity index (χ2n) is 5.07. The average molecular weight is 321 g/mol. The number of aromatic nitrogens is 1. The van der Waals surface area contributed by atoms with Crippen molar-refractivity contribution >= 4 is 17.5 Å². The smallest absolute Gasteiger partial charge is 0.371 e. The fourth-order valence-electron chi connectivity index (χ4n) is 2.12. The number of nitrogens with one attached hydrogen (secondary N) is 1. The van der Waals surface area contributed by atoms with Crippen LogP contribution >= 0.6 is 0 Å². The summed E-state index contributed by atoms with van der Waals surface area (Å²) in [4.78, 5) is 15.0. The van der Waals surface area contributed by atoms with E-state index in [9.17, 15) is 4.79 Å². The fraction of sp³-hybridized carbons (Fsp3) is 0.0556. The number of carboxylic acid groups (broad SMARTS) is 1. The molecule has 3 rings (SSSR count). The monoisotopic (exact) mass is 321 g/mol. The molecule has 0 aliphatic heterocycles. The Hall–Kier alpha value is -3.41. The van der Waals surface area contributed by atoms with Gasteiger partial charge in [0.15, 0.2) is 0 Å². The first kappa shape index (κ1) is 15.5. The molecule has 2 heterocycles. The van der Waals surface area contributed by atoms with Crippen LogP contribution in [0.15, 0.2) is 70.3 Å². The van der Waals surface area contributed by atoms with Gasteiger partial charge in [-0.1, -0.05) is 30.3 Å². The summed E-state index contributed by atoms with van der Waals surface area (Å²) >= 11 is 0. The van der Waals surface area contributed by atoms with Gasteiger partial charge in [0, 0.05) is 11.8 Å². The van der Waals surface area contributed by atoms with Crippen LogP contribution in [0.1, 0.15) is 23.0 Å². The molecule has 0 aliphatic rings. The van der Waals surface area contributed by atoms with Crippen LogP contribution in [0.5, 0.6) is 0 Å². The van der Waals surface area contributed by atoms with Gasteiger partial charge >= 0.3 is 5.97 Å². The zero-order chi connectivity index (χ0) is 16.9. The number of nitrogens with zero attached hydrogens (tertiary/aromatic N) is 2. The lowest BCUT2D eigenvalue weighted by atomic mass is 10.1. The van der Waals surface area contributed by atoms with Crippen LogP contribution in [0, 0.1) is 0 Å². The minimum Gasteiger partial charge on any atom is -0.475 e. The van der Waals surface area contributed by atoms with E-state index in [2.05, 4.69) is 15.5 Å². The first-order valence-electron chi connectivity index (χ1n) is 7.29. The van der Waals surface area contributed by atoms with Crippen molar-refractivity contribution in [3.63, 3.8) is 0 Å². The Morgan fingerprint density at radius 3 is 2.54 bits per heavy atom. The van der Waals surface area contributed by atoms with Crippen LogP contribution < -0.4 is 5.43 Å².